The zero-order chi connectivity index (χ0) is 26.7. The van der Waals surface area contributed by atoms with Crippen molar-refractivity contribution in [1.82, 2.24) is 0 Å². The van der Waals surface area contributed by atoms with Crippen molar-refractivity contribution in [3.05, 3.63) is 87.9 Å². The van der Waals surface area contributed by atoms with Crippen LogP contribution in [0.2, 0.25) is 10.0 Å². The number of alkyl halides is 3. The van der Waals surface area contributed by atoms with E-state index in [1.165, 1.54) is 24.7 Å². The Morgan fingerprint density at radius 3 is 2.11 bits per heavy atom. The van der Waals surface area contributed by atoms with E-state index >= 15 is 0 Å². The third-order valence-electron chi connectivity index (χ3n) is 4.11. The van der Waals surface area contributed by atoms with Gasteiger partial charge in [-0.15, -0.1) is 13.2 Å². The fraction of sp³-hybridized carbons (Fsp3) is 0.0833. The number of amidine groups is 1. The molecule has 3 aromatic carbocycles. The molecule has 36 heavy (non-hydrogen) atoms. The lowest BCUT2D eigenvalue weighted by Gasteiger charge is -2.08. The highest BCUT2D eigenvalue weighted by Gasteiger charge is 2.30. The zero-order valence-corrected chi connectivity index (χ0v) is 21.0. The van der Waals surface area contributed by atoms with Gasteiger partial charge in [-0.05, 0) is 48.9 Å². The molecule has 3 rings (SSSR count). The summed E-state index contributed by atoms with van der Waals surface area (Å²) in [6.45, 7) is 1.77. The van der Waals surface area contributed by atoms with Gasteiger partial charge in [0.1, 0.15) is 17.9 Å². The van der Waals surface area contributed by atoms with Gasteiger partial charge < -0.3 is 21.2 Å². The zero-order valence-electron chi connectivity index (χ0n) is 18.7. The number of anilines is 1. The van der Waals surface area contributed by atoms with Crippen molar-refractivity contribution >= 4 is 70.2 Å². The molecular formula is C24H20Cl2F3N5OS. The molecule has 0 aromatic heterocycles. The molecule has 3 aromatic rings. The van der Waals surface area contributed by atoms with Gasteiger partial charge in [-0.25, -0.2) is 9.98 Å². The van der Waals surface area contributed by atoms with Crippen LogP contribution in [0.5, 0.6) is 5.75 Å². The van der Waals surface area contributed by atoms with Crippen LogP contribution in [0.3, 0.4) is 0 Å². The summed E-state index contributed by atoms with van der Waals surface area (Å²) in [5.74, 6) is -0.0944. The number of hydrogen-bond acceptors (Lipinski definition) is 4. The Bertz CT molecular complexity index is 1230. The summed E-state index contributed by atoms with van der Waals surface area (Å²) < 4.78 is 39.9. The van der Waals surface area contributed by atoms with Crippen LogP contribution in [0.4, 0.5) is 24.5 Å². The largest absolute Gasteiger partial charge is 0.573 e. The molecule has 0 unspecified atom stereocenters. The van der Waals surface area contributed by atoms with E-state index in [4.69, 9.17) is 46.6 Å². The first-order chi connectivity index (χ1) is 17.0. The molecule has 0 saturated heterocycles. The lowest BCUT2D eigenvalue weighted by atomic mass is 10.1. The van der Waals surface area contributed by atoms with Gasteiger partial charge in [-0.3, -0.25) is 0 Å². The minimum Gasteiger partial charge on any atom is -0.406 e. The Balaban J connectivity index is 0.000000319. The maximum atomic E-state index is 12.0. The summed E-state index contributed by atoms with van der Waals surface area (Å²) in [6.07, 6.45) is -2.30. The molecule has 0 amide bonds. The Labute approximate surface area is 221 Å². The van der Waals surface area contributed by atoms with Gasteiger partial charge in [-0.1, -0.05) is 65.8 Å². The van der Waals surface area contributed by atoms with Crippen molar-refractivity contribution in [2.24, 2.45) is 15.7 Å². The lowest BCUT2D eigenvalue weighted by molar-refractivity contribution is -0.274. The van der Waals surface area contributed by atoms with Crippen LogP contribution in [0, 0.1) is 5.41 Å². The summed E-state index contributed by atoms with van der Waals surface area (Å²) in [5, 5.41) is 11.2. The highest BCUT2D eigenvalue weighted by Crippen LogP contribution is 2.29. The number of para-hydroxylation sites is 1. The first kappa shape index (κ1) is 28.8. The molecule has 0 fully saturated rings. The summed E-state index contributed by atoms with van der Waals surface area (Å²) >= 11 is 16.6. The predicted molar refractivity (Wildman–Crippen MR) is 145 cm³/mol. The molecule has 188 valence electrons. The fourth-order valence-corrected chi connectivity index (χ4v) is 3.10. The molecular weight excluding hydrogens is 534 g/mol. The maximum Gasteiger partial charge on any atom is 0.573 e. The molecule has 0 heterocycles. The number of hydrogen-bond donors (Lipinski definition) is 3. The Kier molecular flexibility index (Phi) is 10.8. The van der Waals surface area contributed by atoms with E-state index < -0.39 is 6.36 Å². The topological polar surface area (TPSA) is 95.9 Å². The number of rotatable bonds is 6. The average molecular weight is 554 g/mol. The quantitative estimate of drug-likeness (QED) is 0.168. The minimum absolute atomic E-state index is 0.229. The third kappa shape index (κ3) is 10.0. The van der Waals surface area contributed by atoms with Gasteiger partial charge in [-0.2, -0.15) is 0 Å². The predicted octanol–water partition coefficient (Wildman–Crippen LogP) is 7.40. The van der Waals surface area contributed by atoms with Crippen molar-refractivity contribution in [3.8, 4) is 5.75 Å². The van der Waals surface area contributed by atoms with Crippen LogP contribution < -0.4 is 15.8 Å². The molecule has 0 spiro atoms. The number of benzene rings is 3. The van der Waals surface area contributed by atoms with E-state index in [9.17, 15) is 13.2 Å². The molecule has 0 bridgehead atoms. The molecule has 4 N–H and O–H groups in total. The van der Waals surface area contributed by atoms with Crippen LogP contribution in [0.15, 0.2) is 76.7 Å². The number of nitrogens with one attached hydrogen (secondary N) is 2. The monoisotopic (exact) mass is 553 g/mol. The second kappa shape index (κ2) is 13.6. The number of thiocarbonyl (C=S) groups is 1. The SMILES string of the molecule is CC(=S)Nc1c(Cl)cccc1Cl.N=Cc1ccc(C(N)=NC=Nc2ccc(OC(F)(F)F)cc2)cc1. The third-order valence-corrected chi connectivity index (χ3v) is 4.84. The second-order valence-electron chi connectivity index (χ2n) is 6.84. The molecule has 0 aliphatic carbocycles. The number of ether oxygens (including phenoxy) is 1. The van der Waals surface area contributed by atoms with Crippen molar-refractivity contribution in [2.75, 3.05) is 5.32 Å². The van der Waals surface area contributed by atoms with Crippen molar-refractivity contribution in [3.63, 3.8) is 0 Å². The van der Waals surface area contributed by atoms with Crippen LogP contribution >= 0.6 is 35.4 Å². The van der Waals surface area contributed by atoms with Gasteiger partial charge in [0.2, 0.25) is 0 Å². The van der Waals surface area contributed by atoms with Crippen molar-refractivity contribution in [2.45, 2.75) is 13.3 Å². The van der Waals surface area contributed by atoms with Gasteiger partial charge in [0, 0.05) is 11.8 Å². The normalized spacial score (nSPS) is 11.4. The van der Waals surface area contributed by atoms with E-state index in [0.717, 1.165) is 17.7 Å². The Hall–Kier alpha value is -3.47. The van der Waals surface area contributed by atoms with Crippen molar-refractivity contribution in [1.29, 1.82) is 5.41 Å². The van der Waals surface area contributed by atoms with Crippen LogP contribution in [0.25, 0.3) is 0 Å². The fourth-order valence-electron chi connectivity index (χ4n) is 2.51. The molecule has 0 aliphatic heterocycles. The Morgan fingerprint density at radius 1 is 1.03 bits per heavy atom. The van der Waals surface area contributed by atoms with Crippen molar-refractivity contribution < 1.29 is 17.9 Å². The molecule has 0 saturated carbocycles. The highest BCUT2D eigenvalue weighted by atomic mass is 35.5. The summed E-state index contributed by atoms with van der Waals surface area (Å²) in [5.41, 5.74) is 8.28. The summed E-state index contributed by atoms with van der Waals surface area (Å²) in [6, 6.07) is 17.2. The molecule has 12 heteroatoms. The van der Waals surface area contributed by atoms with Gasteiger partial charge in [0.25, 0.3) is 0 Å². The van der Waals surface area contributed by atoms with E-state index in [1.54, 1.807) is 49.4 Å². The first-order valence-electron chi connectivity index (χ1n) is 10.0. The number of nitrogens with zero attached hydrogens (tertiary/aromatic N) is 2. The van der Waals surface area contributed by atoms with Crippen LogP contribution in [-0.4, -0.2) is 29.7 Å². The summed E-state index contributed by atoms with van der Waals surface area (Å²) in [7, 11) is 0. The summed E-state index contributed by atoms with van der Waals surface area (Å²) in [4.78, 5) is 8.58. The minimum atomic E-state index is -4.73. The molecule has 6 nitrogen and oxygen atoms in total. The number of aliphatic imine (C=N–C) groups is 2. The smallest absolute Gasteiger partial charge is 0.406 e. The molecule has 0 atom stereocenters. The van der Waals surface area contributed by atoms with Gasteiger partial charge in [0.05, 0.1) is 26.4 Å². The Morgan fingerprint density at radius 2 is 1.61 bits per heavy atom. The van der Waals surface area contributed by atoms with E-state index in [2.05, 4.69) is 20.0 Å². The highest BCUT2D eigenvalue weighted by molar-refractivity contribution is 7.80. The first-order valence-corrected chi connectivity index (χ1v) is 11.2. The van der Waals surface area contributed by atoms with E-state index in [1.807, 2.05) is 0 Å². The average Bonchev–Trinajstić information content (AvgIpc) is 2.82. The lowest BCUT2D eigenvalue weighted by Crippen LogP contribution is -2.16. The van der Waals surface area contributed by atoms with Crippen LogP contribution in [-0.2, 0) is 0 Å². The molecule has 0 radical (unpaired) electrons. The van der Waals surface area contributed by atoms with E-state index in [0.29, 0.717) is 32.0 Å². The number of nitrogens with two attached hydrogens (primary N) is 1. The maximum absolute atomic E-state index is 12.0. The van der Waals surface area contributed by atoms with Gasteiger partial charge in [0.15, 0.2) is 0 Å². The molecule has 0 aliphatic rings. The second-order valence-corrected chi connectivity index (χ2v) is 8.27. The van der Waals surface area contributed by atoms with E-state index in [-0.39, 0.29) is 11.6 Å². The number of halogens is 5. The van der Waals surface area contributed by atoms with Crippen LogP contribution in [0.1, 0.15) is 18.1 Å². The standard InChI is InChI=1S/C16H13F3N4O.C8H7Cl2NS/c17-16(18,19)24-14-7-5-13(6-8-14)22-10-23-15(21)12-3-1-11(9-20)2-4-12;1-5(12)11-8-6(9)3-2-4-7(8)10/h1-10,20H,(H2,21,22,23);2-4H,1H3,(H,11,12). The van der Waals surface area contributed by atoms with Gasteiger partial charge >= 0.3 is 6.36 Å².